The van der Waals surface area contributed by atoms with Crippen LogP contribution in [0.25, 0.3) is 22.3 Å². The molecule has 4 heterocycles. The topological polar surface area (TPSA) is 124 Å². The molecule has 0 aliphatic heterocycles. The van der Waals surface area contributed by atoms with Crippen LogP contribution < -0.4 is 10.1 Å². The molecule has 4 aromatic heterocycles. The van der Waals surface area contributed by atoms with Gasteiger partial charge in [0.15, 0.2) is 5.65 Å². The Morgan fingerprint density at radius 3 is 3.00 bits per heavy atom. The van der Waals surface area contributed by atoms with E-state index in [1.165, 1.54) is 12.4 Å². The number of nitrogens with one attached hydrogen (secondary N) is 2. The molecule has 0 saturated heterocycles. The van der Waals surface area contributed by atoms with Gasteiger partial charge in [0.2, 0.25) is 11.8 Å². The van der Waals surface area contributed by atoms with Crippen LogP contribution in [0, 0.1) is 6.92 Å². The summed E-state index contributed by atoms with van der Waals surface area (Å²) < 4.78 is 7.75. The number of carbonyl (C=O) groups is 1. The van der Waals surface area contributed by atoms with Crippen molar-refractivity contribution in [1.29, 1.82) is 0 Å². The monoisotopic (exact) mass is 452 g/mol. The molecular formula is C24H20N8O2. The number of carbonyl (C=O) groups excluding carboxylic acids is 1. The molecule has 10 nitrogen and oxygen atoms in total. The number of anilines is 1. The molecular weight excluding hydrogens is 432 g/mol. The second-order valence-electron chi connectivity index (χ2n) is 7.46. The van der Waals surface area contributed by atoms with Crippen molar-refractivity contribution in [3.8, 4) is 22.8 Å². The highest BCUT2D eigenvalue weighted by Crippen LogP contribution is 2.31. The van der Waals surface area contributed by atoms with E-state index < -0.39 is 0 Å². The third-order valence-electron chi connectivity index (χ3n) is 5.07. The summed E-state index contributed by atoms with van der Waals surface area (Å²) in [6, 6.07) is 8.86. The summed E-state index contributed by atoms with van der Waals surface area (Å²) in [5.41, 5.74) is 5.41. The molecule has 1 amide bonds. The molecule has 0 atom stereocenters. The second kappa shape index (κ2) is 8.94. The number of aryl methyl sites for hydroxylation is 1. The van der Waals surface area contributed by atoms with Crippen molar-refractivity contribution in [1.82, 2.24) is 34.7 Å². The summed E-state index contributed by atoms with van der Waals surface area (Å²) in [7, 11) is 0. The number of amides is 1. The molecule has 5 aromatic rings. The predicted molar refractivity (Wildman–Crippen MR) is 126 cm³/mol. The van der Waals surface area contributed by atoms with Crippen LogP contribution in [0.4, 0.5) is 5.69 Å². The zero-order valence-corrected chi connectivity index (χ0v) is 18.3. The highest BCUT2D eigenvalue weighted by molar-refractivity contribution is 5.99. The van der Waals surface area contributed by atoms with Gasteiger partial charge in [-0.3, -0.25) is 9.48 Å². The fourth-order valence-corrected chi connectivity index (χ4v) is 3.52. The van der Waals surface area contributed by atoms with E-state index in [4.69, 9.17) is 4.74 Å². The fraction of sp³-hybridized carbons (Fsp3) is 0.0833. The number of aromatic nitrogens is 7. The van der Waals surface area contributed by atoms with Crippen LogP contribution in [0.5, 0.6) is 11.6 Å². The van der Waals surface area contributed by atoms with E-state index in [1.54, 1.807) is 36.7 Å². The zero-order chi connectivity index (χ0) is 23.5. The second-order valence-corrected chi connectivity index (χ2v) is 7.46. The van der Waals surface area contributed by atoms with Crippen molar-refractivity contribution < 1.29 is 9.53 Å². The smallest absolute Gasteiger partial charge is 0.247 e. The maximum absolute atomic E-state index is 11.6. The number of nitrogens with zero attached hydrogens (tertiary/aromatic N) is 6. The lowest BCUT2D eigenvalue weighted by atomic mass is 10.1. The summed E-state index contributed by atoms with van der Waals surface area (Å²) in [5.74, 6) is 0.541. The van der Waals surface area contributed by atoms with Crippen molar-refractivity contribution in [2.24, 2.45) is 0 Å². The summed E-state index contributed by atoms with van der Waals surface area (Å²) >= 11 is 0. The van der Waals surface area contributed by atoms with Crippen LogP contribution >= 0.6 is 0 Å². The van der Waals surface area contributed by atoms with Crippen LogP contribution in [0.3, 0.4) is 0 Å². The Morgan fingerprint density at radius 1 is 1.26 bits per heavy atom. The number of aromatic amines is 1. The normalized spacial score (nSPS) is 10.9. The number of rotatable bonds is 7. The van der Waals surface area contributed by atoms with Gasteiger partial charge in [-0.25, -0.2) is 19.9 Å². The minimum atomic E-state index is -0.300. The van der Waals surface area contributed by atoms with Crippen molar-refractivity contribution in [3.63, 3.8) is 0 Å². The molecule has 0 aliphatic rings. The molecule has 5 rings (SSSR count). The van der Waals surface area contributed by atoms with E-state index in [1.807, 2.05) is 30.1 Å². The molecule has 0 aliphatic carbocycles. The van der Waals surface area contributed by atoms with Gasteiger partial charge in [0.05, 0.1) is 24.1 Å². The lowest BCUT2D eigenvalue weighted by Gasteiger charge is -2.07. The molecule has 0 spiro atoms. The quantitative estimate of drug-likeness (QED) is 0.359. The van der Waals surface area contributed by atoms with Crippen LogP contribution in [-0.4, -0.2) is 40.6 Å². The Bertz CT molecular complexity index is 1490. The summed E-state index contributed by atoms with van der Waals surface area (Å²) in [6.07, 6.45) is 9.80. The molecule has 0 fully saturated rings. The number of hydrogen-bond donors (Lipinski definition) is 2. The van der Waals surface area contributed by atoms with Crippen molar-refractivity contribution in [3.05, 3.63) is 85.5 Å². The van der Waals surface area contributed by atoms with Crippen LogP contribution in [0.1, 0.15) is 11.4 Å². The molecule has 0 unspecified atom stereocenters. The number of benzene rings is 1. The van der Waals surface area contributed by atoms with Crippen molar-refractivity contribution in [2.45, 2.75) is 13.5 Å². The van der Waals surface area contributed by atoms with E-state index in [0.717, 1.165) is 22.5 Å². The first kappa shape index (κ1) is 21.0. The number of fused-ring (bicyclic) bond motifs is 1. The molecule has 1 aromatic carbocycles. The first-order valence-electron chi connectivity index (χ1n) is 10.4. The molecule has 34 heavy (non-hydrogen) atoms. The van der Waals surface area contributed by atoms with Gasteiger partial charge in [0, 0.05) is 41.5 Å². The third-order valence-corrected chi connectivity index (χ3v) is 5.07. The summed E-state index contributed by atoms with van der Waals surface area (Å²) in [4.78, 5) is 32.0. The Kier molecular flexibility index (Phi) is 5.53. The van der Waals surface area contributed by atoms with Gasteiger partial charge in [-0.2, -0.15) is 5.10 Å². The van der Waals surface area contributed by atoms with Crippen LogP contribution in [0.15, 0.2) is 74.1 Å². The Morgan fingerprint density at radius 2 is 2.18 bits per heavy atom. The van der Waals surface area contributed by atoms with Crippen LogP contribution in [0.2, 0.25) is 0 Å². The molecule has 2 N–H and O–H groups in total. The molecule has 0 bridgehead atoms. The Hall–Kier alpha value is -4.86. The van der Waals surface area contributed by atoms with E-state index in [0.29, 0.717) is 35.0 Å². The third kappa shape index (κ3) is 4.37. The average molecular weight is 452 g/mol. The van der Waals surface area contributed by atoms with Gasteiger partial charge in [-0.1, -0.05) is 12.6 Å². The largest absolute Gasteiger partial charge is 0.437 e. The maximum atomic E-state index is 11.6. The standard InChI is InChI=1S/C24H20N8O2/c1-3-21(33)29-16-5-4-6-18(9-16)34-22-11-27-24-23(30-22)19(10-26-24)20-13-32(31-15(20)2)12-17-7-8-25-14-28-17/h3-11,13-14H,1,12H2,2H3,(H,26,27)(H,29,33). The SMILES string of the molecule is C=CC(=O)Nc1cccc(Oc2cnc3[nH]cc(-c4cn(Cc5ccncn5)nc4C)c3n2)c1. The average Bonchev–Trinajstić information content (AvgIpc) is 3.42. The molecule has 0 saturated carbocycles. The van der Waals surface area contributed by atoms with Gasteiger partial charge in [-0.15, -0.1) is 0 Å². The zero-order valence-electron chi connectivity index (χ0n) is 18.3. The van der Waals surface area contributed by atoms with Gasteiger partial charge in [-0.05, 0) is 31.2 Å². The Labute approximate surface area is 194 Å². The highest BCUT2D eigenvalue weighted by atomic mass is 16.5. The molecule has 10 heteroatoms. The summed E-state index contributed by atoms with van der Waals surface area (Å²) in [5, 5.41) is 7.33. The fourth-order valence-electron chi connectivity index (χ4n) is 3.52. The predicted octanol–water partition coefficient (Wildman–Crippen LogP) is 3.88. The van der Waals surface area contributed by atoms with E-state index in [9.17, 15) is 4.79 Å². The number of hydrogen-bond acceptors (Lipinski definition) is 7. The minimum absolute atomic E-state index is 0.300. The first-order chi connectivity index (χ1) is 16.6. The van der Waals surface area contributed by atoms with E-state index in [-0.39, 0.29) is 5.91 Å². The Balaban J connectivity index is 1.43. The van der Waals surface area contributed by atoms with Crippen molar-refractivity contribution >= 4 is 22.8 Å². The van der Waals surface area contributed by atoms with Gasteiger partial charge < -0.3 is 15.0 Å². The van der Waals surface area contributed by atoms with E-state index in [2.05, 4.69) is 41.9 Å². The molecule has 0 radical (unpaired) electrons. The van der Waals surface area contributed by atoms with Crippen LogP contribution in [-0.2, 0) is 11.3 Å². The van der Waals surface area contributed by atoms with Crippen molar-refractivity contribution in [2.75, 3.05) is 5.32 Å². The highest BCUT2D eigenvalue weighted by Gasteiger charge is 2.16. The van der Waals surface area contributed by atoms with Gasteiger partial charge >= 0.3 is 0 Å². The lowest BCUT2D eigenvalue weighted by Crippen LogP contribution is -2.07. The maximum Gasteiger partial charge on any atom is 0.247 e. The van der Waals surface area contributed by atoms with Gasteiger partial charge in [0.1, 0.15) is 17.6 Å². The minimum Gasteiger partial charge on any atom is -0.437 e. The number of H-pyrrole nitrogens is 1. The summed E-state index contributed by atoms with van der Waals surface area (Å²) in [6.45, 7) is 5.93. The number of ether oxygens (including phenoxy) is 1. The van der Waals surface area contributed by atoms with Gasteiger partial charge in [0.25, 0.3) is 0 Å². The lowest BCUT2D eigenvalue weighted by molar-refractivity contribution is -0.111. The molecule has 168 valence electrons. The first-order valence-corrected chi connectivity index (χ1v) is 10.4. The van der Waals surface area contributed by atoms with E-state index >= 15 is 0 Å².